The van der Waals surface area contributed by atoms with Crippen LogP contribution >= 0.6 is 0 Å². The largest absolute Gasteiger partial charge is 0.463 e. The van der Waals surface area contributed by atoms with Crippen molar-refractivity contribution in [2.24, 2.45) is 7.05 Å². The normalized spacial score (nSPS) is 11.1. The molecule has 0 fully saturated rings. The Morgan fingerprint density at radius 2 is 1.97 bits per heavy atom. The van der Waals surface area contributed by atoms with Gasteiger partial charge in [0.2, 0.25) is 0 Å². The van der Waals surface area contributed by atoms with Crippen molar-refractivity contribution in [3.05, 3.63) is 72.1 Å². The van der Waals surface area contributed by atoms with Crippen molar-refractivity contribution >= 4 is 22.8 Å². The van der Waals surface area contributed by atoms with Crippen LogP contribution in [0.5, 0.6) is 0 Å². The van der Waals surface area contributed by atoms with Crippen LogP contribution in [0.25, 0.3) is 33.8 Å². The number of aromatic nitrogens is 4. The maximum absolute atomic E-state index is 13.2. The molecule has 0 bridgehead atoms. The van der Waals surface area contributed by atoms with Crippen LogP contribution in [-0.2, 0) is 7.05 Å². The molecule has 0 saturated heterocycles. The molecule has 0 aliphatic heterocycles. The molecule has 0 atom stereocenters. The SMILES string of the molecule is Cc1ccc(-c2noc3nc(-c4ccco4)cc(C(=O)Nc4ccn(C)n4)c23)cc1. The predicted molar refractivity (Wildman–Crippen MR) is 111 cm³/mol. The van der Waals surface area contributed by atoms with E-state index in [2.05, 4.69) is 20.6 Å². The summed E-state index contributed by atoms with van der Waals surface area (Å²) in [6.45, 7) is 2.01. The molecule has 4 aromatic heterocycles. The van der Waals surface area contributed by atoms with E-state index >= 15 is 0 Å². The van der Waals surface area contributed by atoms with Gasteiger partial charge in [-0.3, -0.25) is 9.48 Å². The quantitative estimate of drug-likeness (QED) is 0.479. The van der Waals surface area contributed by atoms with E-state index in [0.717, 1.165) is 11.1 Å². The van der Waals surface area contributed by atoms with Gasteiger partial charge in [0.1, 0.15) is 11.4 Å². The maximum Gasteiger partial charge on any atom is 0.259 e. The van der Waals surface area contributed by atoms with Gasteiger partial charge < -0.3 is 14.3 Å². The average Bonchev–Trinajstić information content (AvgIpc) is 3.49. The second-order valence-corrected chi connectivity index (χ2v) is 6.94. The van der Waals surface area contributed by atoms with Crippen molar-refractivity contribution in [2.75, 3.05) is 5.32 Å². The van der Waals surface area contributed by atoms with E-state index in [-0.39, 0.29) is 11.6 Å². The summed E-state index contributed by atoms with van der Waals surface area (Å²) in [7, 11) is 1.78. The van der Waals surface area contributed by atoms with E-state index in [1.165, 1.54) is 0 Å². The lowest BCUT2D eigenvalue weighted by molar-refractivity contribution is 0.102. The first-order valence-corrected chi connectivity index (χ1v) is 9.31. The number of nitrogens with zero attached hydrogens (tertiary/aromatic N) is 4. The number of carbonyl (C=O) groups excluding carboxylic acids is 1. The minimum Gasteiger partial charge on any atom is -0.463 e. The van der Waals surface area contributed by atoms with Gasteiger partial charge in [-0.1, -0.05) is 35.0 Å². The fourth-order valence-electron chi connectivity index (χ4n) is 3.25. The maximum atomic E-state index is 13.2. The minimum absolute atomic E-state index is 0.255. The van der Waals surface area contributed by atoms with Gasteiger partial charge >= 0.3 is 0 Å². The Labute approximate surface area is 171 Å². The Morgan fingerprint density at radius 1 is 1.13 bits per heavy atom. The number of pyridine rings is 1. The molecule has 0 aliphatic carbocycles. The molecule has 4 heterocycles. The number of amides is 1. The molecule has 0 spiro atoms. The summed E-state index contributed by atoms with van der Waals surface area (Å²) in [5.74, 6) is 0.628. The smallest absolute Gasteiger partial charge is 0.259 e. The van der Waals surface area contributed by atoms with Crippen LogP contribution in [0, 0.1) is 6.92 Å². The molecule has 0 radical (unpaired) electrons. The fraction of sp³-hybridized carbons (Fsp3) is 0.0909. The van der Waals surface area contributed by atoms with Gasteiger partial charge in [0.25, 0.3) is 11.6 Å². The van der Waals surface area contributed by atoms with Gasteiger partial charge in [-0.15, -0.1) is 0 Å². The number of nitrogens with one attached hydrogen (secondary N) is 1. The van der Waals surface area contributed by atoms with Gasteiger partial charge in [-0.2, -0.15) is 5.10 Å². The number of carbonyl (C=O) groups is 1. The van der Waals surface area contributed by atoms with Crippen molar-refractivity contribution in [1.29, 1.82) is 0 Å². The van der Waals surface area contributed by atoms with Crippen molar-refractivity contribution in [3.63, 3.8) is 0 Å². The number of hydrogen-bond donors (Lipinski definition) is 1. The summed E-state index contributed by atoms with van der Waals surface area (Å²) in [6, 6.07) is 14.8. The second-order valence-electron chi connectivity index (χ2n) is 6.94. The first-order chi connectivity index (χ1) is 14.6. The third kappa shape index (κ3) is 3.14. The number of furan rings is 1. The van der Waals surface area contributed by atoms with Crippen LogP contribution in [-0.4, -0.2) is 25.8 Å². The highest BCUT2D eigenvalue weighted by Gasteiger charge is 2.23. The molecular weight excluding hydrogens is 382 g/mol. The third-order valence-electron chi connectivity index (χ3n) is 4.74. The van der Waals surface area contributed by atoms with Gasteiger partial charge in [-0.25, -0.2) is 4.98 Å². The van der Waals surface area contributed by atoms with Gasteiger partial charge in [0, 0.05) is 24.9 Å². The molecule has 8 heteroatoms. The third-order valence-corrected chi connectivity index (χ3v) is 4.74. The number of benzene rings is 1. The zero-order chi connectivity index (χ0) is 20.7. The van der Waals surface area contributed by atoms with E-state index in [1.807, 2.05) is 31.2 Å². The molecule has 30 heavy (non-hydrogen) atoms. The molecule has 5 aromatic rings. The average molecular weight is 399 g/mol. The molecule has 0 saturated carbocycles. The standard InChI is InChI=1S/C22H17N5O3/c1-13-5-7-14(8-6-13)20-19-15(21(28)24-18-9-10-27(2)25-18)12-16(17-4-3-11-29-17)23-22(19)30-26-20/h3-12H,1-2H3,(H,24,25,28). The highest BCUT2D eigenvalue weighted by Crippen LogP contribution is 2.33. The molecule has 1 aromatic carbocycles. The lowest BCUT2D eigenvalue weighted by Crippen LogP contribution is -2.13. The number of aryl methyl sites for hydroxylation is 2. The molecule has 0 unspecified atom stereocenters. The van der Waals surface area contributed by atoms with Crippen molar-refractivity contribution < 1.29 is 13.7 Å². The van der Waals surface area contributed by atoms with Gasteiger partial charge in [0.15, 0.2) is 11.6 Å². The number of anilines is 1. The van der Waals surface area contributed by atoms with Crippen LogP contribution in [0.2, 0.25) is 0 Å². The Kier molecular flexibility index (Phi) is 4.17. The molecule has 1 N–H and O–H groups in total. The zero-order valence-electron chi connectivity index (χ0n) is 16.3. The van der Waals surface area contributed by atoms with Gasteiger partial charge in [0.05, 0.1) is 17.2 Å². The molecular formula is C22H17N5O3. The van der Waals surface area contributed by atoms with Crippen molar-refractivity contribution in [3.8, 4) is 22.7 Å². The molecule has 5 rings (SSSR count). The first-order valence-electron chi connectivity index (χ1n) is 9.31. The Balaban J connectivity index is 1.68. The Hall–Kier alpha value is -4.20. The number of hydrogen-bond acceptors (Lipinski definition) is 6. The Bertz CT molecular complexity index is 1350. The fourth-order valence-corrected chi connectivity index (χ4v) is 3.25. The summed E-state index contributed by atoms with van der Waals surface area (Å²) in [6.07, 6.45) is 3.30. The lowest BCUT2D eigenvalue weighted by atomic mass is 10.0. The van der Waals surface area contributed by atoms with E-state index in [1.54, 1.807) is 48.5 Å². The van der Waals surface area contributed by atoms with E-state index in [4.69, 9.17) is 8.94 Å². The van der Waals surface area contributed by atoms with E-state index < -0.39 is 0 Å². The minimum atomic E-state index is -0.342. The molecule has 8 nitrogen and oxygen atoms in total. The van der Waals surface area contributed by atoms with Crippen LogP contribution in [0.3, 0.4) is 0 Å². The molecule has 148 valence electrons. The number of rotatable bonds is 4. The lowest BCUT2D eigenvalue weighted by Gasteiger charge is -2.07. The highest BCUT2D eigenvalue weighted by molar-refractivity contribution is 6.15. The summed E-state index contributed by atoms with van der Waals surface area (Å²) < 4.78 is 12.6. The second kappa shape index (κ2) is 7.00. The topological polar surface area (TPSA) is 99.0 Å². The summed E-state index contributed by atoms with van der Waals surface area (Å²) in [5, 5.41) is 11.8. The van der Waals surface area contributed by atoms with Crippen LogP contribution in [0.4, 0.5) is 5.82 Å². The van der Waals surface area contributed by atoms with Crippen LogP contribution < -0.4 is 5.32 Å². The Morgan fingerprint density at radius 3 is 2.67 bits per heavy atom. The number of fused-ring (bicyclic) bond motifs is 1. The van der Waals surface area contributed by atoms with Crippen molar-refractivity contribution in [1.82, 2.24) is 19.9 Å². The molecule has 1 amide bonds. The van der Waals surface area contributed by atoms with E-state index in [0.29, 0.717) is 33.9 Å². The predicted octanol–water partition coefficient (Wildman–Crippen LogP) is 4.44. The monoisotopic (exact) mass is 399 g/mol. The van der Waals surface area contributed by atoms with E-state index in [9.17, 15) is 4.79 Å². The van der Waals surface area contributed by atoms with Crippen molar-refractivity contribution in [2.45, 2.75) is 6.92 Å². The summed E-state index contributed by atoms with van der Waals surface area (Å²) in [4.78, 5) is 17.7. The highest BCUT2D eigenvalue weighted by atomic mass is 16.5. The van der Waals surface area contributed by atoms with Gasteiger partial charge in [-0.05, 0) is 25.1 Å². The zero-order valence-corrected chi connectivity index (χ0v) is 16.3. The summed E-state index contributed by atoms with van der Waals surface area (Å²) in [5.41, 5.74) is 3.61. The summed E-state index contributed by atoms with van der Waals surface area (Å²) >= 11 is 0. The van der Waals surface area contributed by atoms with Crippen LogP contribution in [0.1, 0.15) is 15.9 Å². The first kappa shape index (κ1) is 17.9. The molecule has 0 aliphatic rings. The van der Waals surface area contributed by atoms with Crippen LogP contribution in [0.15, 0.2) is 69.9 Å².